The van der Waals surface area contributed by atoms with E-state index in [2.05, 4.69) is 0 Å². The Balaban J connectivity index is 2.28. The molecule has 0 bridgehead atoms. The van der Waals surface area contributed by atoms with Gasteiger partial charge < -0.3 is 0 Å². The number of Topliss-reactive ketones (excluding diaryl/α,β-unsaturated/α-hetero) is 1. The largest absolute Gasteiger partial charge is 0.295 e. The van der Waals surface area contributed by atoms with Gasteiger partial charge in [0.05, 0.1) is 4.92 Å². The maximum Gasteiger partial charge on any atom is 0.270 e. The van der Waals surface area contributed by atoms with Crippen LogP contribution in [0.25, 0.3) is 6.08 Å². The molecule has 0 atom stereocenters. The van der Waals surface area contributed by atoms with Crippen molar-refractivity contribution >= 4 is 17.5 Å². The number of rotatable bonds is 2. The summed E-state index contributed by atoms with van der Waals surface area (Å²) in [4.78, 5) is 22.1. The van der Waals surface area contributed by atoms with Crippen LogP contribution in [-0.2, 0) is 4.79 Å². The first-order chi connectivity index (χ1) is 8.66. The minimum absolute atomic E-state index is 0.0606. The number of allylic oxidation sites excluding steroid dienone is 1. The van der Waals surface area contributed by atoms with Crippen molar-refractivity contribution < 1.29 is 9.72 Å². The predicted octanol–water partition coefficient (Wildman–Crippen LogP) is 3.51. The van der Waals surface area contributed by atoms with Crippen molar-refractivity contribution in [3.05, 3.63) is 45.5 Å². The van der Waals surface area contributed by atoms with E-state index in [1.807, 2.05) is 0 Å². The highest BCUT2D eigenvalue weighted by Crippen LogP contribution is 2.23. The smallest absolute Gasteiger partial charge is 0.270 e. The maximum absolute atomic E-state index is 11.8. The van der Waals surface area contributed by atoms with E-state index < -0.39 is 4.92 Å². The van der Waals surface area contributed by atoms with E-state index in [4.69, 9.17) is 0 Å². The van der Waals surface area contributed by atoms with Crippen LogP contribution in [0, 0.1) is 10.1 Å². The van der Waals surface area contributed by atoms with Crippen molar-refractivity contribution in [2.24, 2.45) is 0 Å². The number of hydrogen-bond donors (Lipinski definition) is 0. The number of nitrogens with zero attached hydrogens (tertiary/aromatic N) is 1. The third-order valence-electron chi connectivity index (χ3n) is 3.13. The van der Waals surface area contributed by atoms with Gasteiger partial charge in [-0.1, -0.05) is 18.6 Å². The minimum atomic E-state index is -0.420. The van der Waals surface area contributed by atoms with Crippen LogP contribution in [0.1, 0.15) is 37.7 Å². The first-order valence-corrected chi connectivity index (χ1v) is 6.15. The van der Waals surface area contributed by atoms with E-state index in [0.717, 1.165) is 36.8 Å². The van der Waals surface area contributed by atoms with Crippen LogP contribution in [-0.4, -0.2) is 10.7 Å². The molecule has 1 aromatic carbocycles. The third kappa shape index (κ3) is 3.03. The van der Waals surface area contributed by atoms with Gasteiger partial charge in [0, 0.05) is 18.6 Å². The molecule has 2 rings (SSSR count). The molecule has 0 spiro atoms. The Morgan fingerprint density at radius 1 is 1.17 bits per heavy atom. The number of nitro benzene ring substituents is 1. The molecular formula is C14H15NO3. The summed E-state index contributed by atoms with van der Waals surface area (Å²) in [5, 5.41) is 10.7. The van der Waals surface area contributed by atoms with Crippen molar-refractivity contribution in [2.75, 3.05) is 0 Å². The molecule has 94 valence electrons. The highest BCUT2D eigenvalue weighted by atomic mass is 16.6. The molecule has 0 heterocycles. The molecule has 0 N–H and O–H groups in total. The van der Waals surface area contributed by atoms with E-state index in [-0.39, 0.29) is 11.5 Å². The number of carbonyl (C=O) groups is 1. The second-order valence-corrected chi connectivity index (χ2v) is 4.51. The summed E-state index contributed by atoms with van der Waals surface area (Å²) in [7, 11) is 0. The van der Waals surface area contributed by atoms with E-state index >= 15 is 0 Å². The summed E-state index contributed by atoms with van der Waals surface area (Å²) in [5.41, 5.74) is 1.59. The molecular weight excluding hydrogens is 230 g/mol. The van der Waals surface area contributed by atoms with Crippen LogP contribution in [0.15, 0.2) is 29.8 Å². The molecule has 1 aliphatic rings. The number of benzene rings is 1. The van der Waals surface area contributed by atoms with Crippen LogP contribution in [0.5, 0.6) is 0 Å². The molecule has 1 saturated carbocycles. The van der Waals surface area contributed by atoms with Crippen LogP contribution < -0.4 is 0 Å². The van der Waals surface area contributed by atoms with Crippen LogP contribution in [0.2, 0.25) is 0 Å². The lowest BCUT2D eigenvalue weighted by atomic mass is 10.0. The van der Waals surface area contributed by atoms with E-state index in [1.165, 1.54) is 12.1 Å². The van der Waals surface area contributed by atoms with E-state index in [1.54, 1.807) is 18.2 Å². The Labute approximate surface area is 105 Å². The molecule has 0 unspecified atom stereocenters. The van der Waals surface area contributed by atoms with Gasteiger partial charge in [0.25, 0.3) is 5.69 Å². The fourth-order valence-electron chi connectivity index (χ4n) is 2.16. The van der Waals surface area contributed by atoms with Gasteiger partial charge in [-0.05, 0) is 36.5 Å². The fourth-order valence-corrected chi connectivity index (χ4v) is 2.16. The molecule has 1 aliphatic carbocycles. The Morgan fingerprint density at radius 2 is 1.94 bits per heavy atom. The summed E-state index contributed by atoms with van der Waals surface area (Å²) >= 11 is 0. The van der Waals surface area contributed by atoms with Crippen LogP contribution >= 0.6 is 0 Å². The Bertz CT molecular complexity index is 506. The SMILES string of the molecule is O=C1CCCCCC1=Cc1cccc([N+](=O)[O-])c1. The zero-order valence-corrected chi connectivity index (χ0v) is 10.1. The fraction of sp³-hybridized carbons (Fsp3) is 0.357. The van der Waals surface area contributed by atoms with E-state index in [9.17, 15) is 14.9 Å². The van der Waals surface area contributed by atoms with Crippen LogP contribution in [0.4, 0.5) is 5.69 Å². The average Bonchev–Trinajstić information content (AvgIpc) is 2.55. The van der Waals surface area contributed by atoms with Gasteiger partial charge in [0.2, 0.25) is 0 Å². The second-order valence-electron chi connectivity index (χ2n) is 4.51. The standard InChI is InChI=1S/C14H15NO3/c16-14-8-3-1-2-6-12(14)9-11-5-4-7-13(10-11)15(17)18/h4-5,7,9-10H,1-3,6,8H2. The van der Waals surface area contributed by atoms with Gasteiger partial charge >= 0.3 is 0 Å². The molecule has 0 aromatic heterocycles. The molecule has 4 heteroatoms. The second kappa shape index (κ2) is 5.58. The molecule has 0 radical (unpaired) electrons. The Hall–Kier alpha value is -1.97. The highest BCUT2D eigenvalue weighted by molar-refractivity contribution is 5.99. The van der Waals surface area contributed by atoms with Crippen molar-refractivity contribution in [1.82, 2.24) is 0 Å². The molecule has 18 heavy (non-hydrogen) atoms. The number of non-ortho nitro benzene ring substituents is 1. The summed E-state index contributed by atoms with van der Waals surface area (Å²) in [6, 6.07) is 6.39. The first-order valence-electron chi connectivity index (χ1n) is 6.15. The van der Waals surface area contributed by atoms with Gasteiger partial charge in [-0.25, -0.2) is 0 Å². The lowest BCUT2D eigenvalue weighted by Gasteiger charge is -2.01. The quantitative estimate of drug-likeness (QED) is 0.346. The molecule has 4 nitrogen and oxygen atoms in total. The summed E-state index contributed by atoms with van der Waals surface area (Å²) in [6.07, 6.45) is 6.22. The molecule has 0 aliphatic heterocycles. The zero-order valence-electron chi connectivity index (χ0n) is 10.1. The molecule has 0 amide bonds. The first kappa shape index (κ1) is 12.5. The van der Waals surface area contributed by atoms with Gasteiger partial charge in [-0.2, -0.15) is 0 Å². The van der Waals surface area contributed by atoms with Crippen molar-refractivity contribution in [3.8, 4) is 0 Å². The Morgan fingerprint density at radius 3 is 2.72 bits per heavy atom. The lowest BCUT2D eigenvalue weighted by Crippen LogP contribution is -1.99. The number of hydrogen-bond acceptors (Lipinski definition) is 3. The van der Waals surface area contributed by atoms with Crippen molar-refractivity contribution in [1.29, 1.82) is 0 Å². The summed E-state index contributed by atoms with van der Waals surface area (Å²) in [5.74, 6) is 0.180. The van der Waals surface area contributed by atoms with Gasteiger partial charge in [-0.3, -0.25) is 14.9 Å². The lowest BCUT2D eigenvalue weighted by molar-refractivity contribution is -0.384. The van der Waals surface area contributed by atoms with Crippen LogP contribution in [0.3, 0.4) is 0 Å². The zero-order chi connectivity index (χ0) is 13.0. The average molecular weight is 245 g/mol. The number of carbonyl (C=O) groups excluding carboxylic acids is 1. The van der Waals surface area contributed by atoms with Gasteiger partial charge in [0.1, 0.15) is 0 Å². The molecule has 0 saturated heterocycles. The summed E-state index contributed by atoms with van der Waals surface area (Å²) < 4.78 is 0. The molecule has 1 aromatic rings. The normalized spacial score (nSPS) is 18.7. The minimum Gasteiger partial charge on any atom is -0.295 e. The van der Waals surface area contributed by atoms with Crippen molar-refractivity contribution in [3.63, 3.8) is 0 Å². The van der Waals surface area contributed by atoms with Gasteiger partial charge in [0.15, 0.2) is 5.78 Å². The topological polar surface area (TPSA) is 60.2 Å². The number of ketones is 1. The van der Waals surface area contributed by atoms with E-state index in [0.29, 0.717) is 6.42 Å². The van der Waals surface area contributed by atoms with Crippen molar-refractivity contribution in [2.45, 2.75) is 32.1 Å². The Kier molecular flexibility index (Phi) is 3.87. The number of nitro groups is 1. The predicted molar refractivity (Wildman–Crippen MR) is 69.2 cm³/mol. The maximum atomic E-state index is 11.8. The van der Waals surface area contributed by atoms with Gasteiger partial charge in [-0.15, -0.1) is 0 Å². The summed E-state index contributed by atoms with van der Waals surface area (Å²) in [6.45, 7) is 0. The third-order valence-corrected chi connectivity index (χ3v) is 3.13. The monoisotopic (exact) mass is 245 g/mol. The molecule has 1 fully saturated rings. The highest BCUT2D eigenvalue weighted by Gasteiger charge is 2.13.